The van der Waals surface area contributed by atoms with Crippen molar-refractivity contribution in [3.05, 3.63) is 42.1 Å². The molecule has 2 heterocycles. The van der Waals surface area contributed by atoms with Gasteiger partial charge in [-0.15, -0.1) is 17.0 Å². The molecule has 2 aromatic rings. The van der Waals surface area contributed by atoms with Crippen molar-refractivity contribution in [3.8, 4) is 0 Å². The van der Waals surface area contributed by atoms with Gasteiger partial charge in [-0.2, -0.15) is 0 Å². The van der Waals surface area contributed by atoms with Crippen LogP contribution in [-0.2, 0) is 0 Å². The van der Waals surface area contributed by atoms with Crippen LogP contribution in [0.25, 0.3) is 10.9 Å². The summed E-state index contributed by atoms with van der Waals surface area (Å²) in [5.41, 5.74) is 1.94. The van der Waals surface area contributed by atoms with Crippen molar-refractivity contribution in [2.45, 2.75) is 31.4 Å². The van der Waals surface area contributed by atoms with Gasteiger partial charge in [0.05, 0.1) is 11.6 Å². The lowest BCUT2D eigenvalue weighted by Gasteiger charge is -2.28. The Labute approximate surface area is 123 Å². The highest BCUT2D eigenvalue weighted by Gasteiger charge is 2.23. The van der Waals surface area contributed by atoms with E-state index in [2.05, 4.69) is 10.3 Å². The molecule has 2 unspecified atom stereocenters. The number of hydrogen-bond acceptors (Lipinski definition) is 3. The average Bonchev–Trinajstić information content (AvgIpc) is 2.47. The Morgan fingerprint density at radius 2 is 2.11 bits per heavy atom. The van der Waals surface area contributed by atoms with Crippen molar-refractivity contribution in [2.24, 2.45) is 0 Å². The lowest BCUT2D eigenvalue weighted by Crippen LogP contribution is -2.38. The number of nitrogens with one attached hydrogen (secondary N) is 1. The Morgan fingerprint density at radius 1 is 1.21 bits per heavy atom. The number of pyridine rings is 1. The normalized spacial score (nSPS) is 20.8. The number of halogens is 1. The zero-order valence-electron chi connectivity index (χ0n) is 10.7. The van der Waals surface area contributed by atoms with Crippen LogP contribution in [0.2, 0.25) is 0 Å². The van der Waals surface area contributed by atoms with Crippen molar-refractivity contribution in [1.29, 1.82) is 0 Å². The van der Waals surface area contributed by atoms with E-state index in [1.807, 2.05) is 30.3 Å². The van der Waals surface area contributed by atoms with Gasteiger partial charge in [-0.05, 0) is 37.1 Å². The fourth-order valence-electron chi connectivity index (χ4n) is 2.75. The molecule has 19 heavy (non-hydrogen) atoms. The summed E-state index contributed by atoms with van der Waals surface area (Å²) in [6, 6.07) is 10.1. The second-order valence-electron chi connectivity index (χ2n) is 4.92. The molecule has 102 valence electrons. The SMILES string of the molecule is Br.OC(c1cccc2ncccc12)C1CCCCN1. The summed E-state index contributed by atoms with van der Waals surface area (Å²) in [6.45, 7) is 1.00. The summed E-state index contributed by atoms with van der Waals surface area (Å²) in [7, 11) is 0. The third-order valence-corrected chi connectivity index (χ3v) is 3.73. The predicted molar refractivity (Wildman–Crippen MR) is 82.7 cm³/mol. The van der Waals surface area contributed by atoms with Gasteiger partial charge in [-0.25, -0.2) is 0 Å². The van der Waals surface area contributed by atoms with Gasteiger partial charge >= 0.3 is 0 Å². The number of aromatic nitrogens is 1. The molecule has 0 saturated carbocycles. The van der Waals surface area contributed by atoms with Gasteiger partial charge in [0.1, 0.15) is 0 Å². The fraction of sp³-hybridized carbons (Fsp3) is 0.400. The first-order chi connectivity index (χ1) is 8.86. The molecule has 1 fully saturated rings. The minimum Gasteiger partial charge on any atom is -0.387 e. The number of rotatable bonds is 2. The number of nitrogens with zero attached hydrogens (tertiary/aromatic N) is 1. The Bertz CT molecular complexity index is 535. The van der Waals surface area contributed by atoms with Crippen LogP contribution in [0.5, 0.6) is 0 Å². The molecule has 0 bridgehead atoms. The maximum absolute atomic E-state index is 10.6. The predicted octanol–water partition coefficient (Wildman–Crippen LogP) is 2.99. The van der Waals surface area contributed by atoms with Crippen molar-refractivity contribution in [3.63, 3.8) is 0 Å². The number of piperidine rings is 1. The highest BCUT2D eigenvalue weighted by Crippen LogP contribution is 2.28. The zero-order chi connectivity index (χ0) is 12.4. The topological polar surface area (TPSA) is 45.2 Å². The molecule has 4 heteroatoms. The van der Waals surface area contributed by atoms with Gasteiger partial charge in [0.15, 0.2) is 0 Å². The van der Waals surface area contributed by atoms with Crippen LogP contribution in [0.15, 0.2) is 36.5 Å². The third kappa shape index (κ3) is 2.96. The van der Waals surface area contributed by atoms with E-state index >= 15 is 0 Å². The highest BCUT2D eigenvalue weighted by molar-refractivity contribution is 8.93. The summed E-state index contributed by atoms with van der Waals surface area (Å²) in [4.78, 5) is 4.34. The van der Waals surface area contributed by atoms with Crippen LogP contribution in [0.3, 0.4) is 0 Å². The molecule has 1 saturated heterocycles. The van der Waals surface area contributed by atoms with Crippen molar-refractivity contribution >= 4 is 27.9 Å². The molecule has 0 amide bonds. The number of benzene rings is 1. The molecule has 3 rings (SSSR count). The van der Waals surface area contributed by atoms with E-state index in [1.165, 1.54) is 12.8 Å². The summed E-state index contributed by atoms with van der Waals surface area (Å²) in [5.74, 6) is 0. The Kier molecular flexibility index (Phi) is 4.91. The number of fused-ring (bicyclic) bond motifs is 1. The van der Waals surface area contributed by atoms with E-state index in [0.717, 1.165) is 29.4 Å². The molecule has 1 aromatic carbocycles. The molecule has 2 atom stereocenters. The molecule has 0 spiro atoms. The number of aliphatic hydroxyl groups is 1. The lowest BCUT2D eigenvalue weighted by molar-refractivity contribution is 0.115. The quantitative estimate of drug-likeness (QED) is 0.893. The Balaban J connectivity index is 0.00000133. The Hall–Kier alpha value is -0.970. The first-order valence-electron chi connectivity index (χ1n) is 6.61. The maximum Gasteiger partial charge on any atom is 0.0949 e. The average molecular weight is 323 g/mol. The third-order valence-electron chi connectivity index (χ3n) is 3.73. The van der Waals surface area contributed by atoms with Gasteiger partial charge in [-0.1, -0.05) is 24.6 Å². The number of hydrogen-bond donors (Lipinski definition) is 2. The second-order valence-corrected chi connectivity index (χ2v) is 4.92. The van der Waals surface area contributed by atoms with Crippen LogP contribution < -0.4 is 5.32 Å². The van der Waals surface area contributed by atoms with E-state index < -0.39 is 6.10 Å². The molecular formula is C15H19BrN2O. The van der Waals surface area contributed by atoms with E-state index in [-0.39, 0.29) is 23.0 Å². The first-order valence-corrected chi connectivity index (χ1v) is 6.61. The van der Waals surface area contributed by atoms with E-state index in [0.29, 0.717) is 0 Å². The molecule has 3 nitrogen and oxygen atoms in total. The van der Waals surface area contributed by atoms with E-state index in [4.69, 9.17) is 0 Å². The summed E-state index contributed by atoms with van der Waals surface area (Å²) < 4.78 is 0. The van der Waals surface area contributed by atoms with Crippen LogP contribution in [0, 0.1) is 0 Å². The number of aliphatic hydroxyl groups excluding tert-OH is 1. The highest BCUT2D eigenvalue weighted by atomic mass is 79.9. The molecule has 1 aliphatic rings. The summed E-state index contributed by atoms with van der Waals surface area (Å²) >= 11 is 0. The molecule has 0 radical (unpaired) electrons. The van der Waals surface area contributed by atoms with Crippen LogP contribution >= 0.6 is 17.0 Å². The minimum atomic E-state index is -0.446. The first kappa shape index (κ1) is 14.4. The molecular weight excluding hydrogens is 304 g/mol. The maximum atomic E-state index is 10.6. The van der Waals surface area contributed by atoms with Crippen LogP contribution in [0.1, 0.15) is 30.9 Å². The standard InChI is InChI=1S/C15H18N2O.BrH/c18-15(14-7-1-2-9-17-14)12-5-3-8-13-11(12)6-4-10-16-13;/h3-6,8,10,14-15,17-18H,1-2,7,9H2;1H. The molecule has 0 aliphatic carbocycles. The van der Waals surface area contributed by atoms with Crippen molar-refractivity contribution < 1.29 is 5.11 Å². The van der Waals surface area contributed by atoms with E-state index in [1.54, 1.807) is 6.20 Å². The van der Waals surface area contributed by atoms with Gasteiger partial charge in [0.2, 0.25) is 0 Å². The molecule has 2 N–H and O–H groups in total. The van der Waals surface area contributed by atoms with Crippen molar-refractivity contribution in [2.75, 3.05) is 6.54 Å². The van der Waals surface area contributed by atoms with Gasteiger partial charge < -0.3 is 10.4 Å². The van der Waals surface area contributed by atoms with Crippen LogP contribution in [0.4, 0.5) is 0 Å². The summed E-state index contributed by atoms with van der Waals surface area (Å²) in [6.07, 6.45) is 4.78. The summed E-state index contributed by atoms with van der Waals surface area (Å²) in [5, 5.41) is 15.0. The van der Waals surface area contributed by atoms with Gasteiger partial charge in [0.25, 0.3) is 0 Å². The zero-order valence-corrected chi connectivity index (χ0v) is 12.5. The fourth-order valence-corrected chi connectivity index (χ4v) is 2.75. The monoisotopic (exact) mass is 322 g/mol. The van der Waals surface area contributed by atoms with Crippen LogP contribution in [-0.4, -0.2) is 22.7 Å². The molecule has 1 aliphatic heterocycles. The van der Waals surface area contributed by atoms with E-state index in [9.17, 15) is 5.11 Å². The van der Waals surface area contributed by atoms with Crippen molar-refractivity contribution in [1.82, 2.24) is 10.3 Å². The lowest BCUT2D eigenvalue weighted by atomic mass is 9.93. The Morgan fingerprint density at radius 3 is 2.89 bits per heavy atom. The largest absolute Gasteiger partial charge is 0.387 e. The molecule has 1 aromatic heterocycles. The smallest absolute Gasteiger partial charge is 0.0949 e. The van der Waals surface area contributed by atoms with Gasteiger partial charge in [-0.3, -0.25) is 4.98 Å². The minimum absolute atomic E-state index is 0. The van der Waals surface area contributed by atoms with Gasteiger partial charge in [0, 0.05) is 17.6 Å². The second kappa shape index (κ2) is 6.46.